The summed E-state index contributed by atoms with van der Waals surface area (Å²) in [4.78, 5) is 17.1. The number of nitrogens with zero attached hydrogens (tertiary/aromatic N) is 3. The molecule has 0 saturated carbocycles. The minimum atomic E-state index is -0.0752. The molecule has 0 radical (unpaired) electrons. The number of aryl methyl sites for hydroxylation is 1. The molecule has 3 aromatic rings. The number of ether oxygens (including phenoxy) is 1. The number of pyridine rings is 1. The summed E-state index contributed by atoms with van der Waals surface area (Å²) in [6.45, 7) is 6.58. The maximum Gasteiger partial charge on any atom is 0.255 e. The third-order valence-electron chi connectivity index (χ3n) is 5.28. The molecule has 0 bridgehead atoms. The third-order valence-corrected chi connectivity index (χ3v) is 5.28. The van der Waals surface area contributed by atoms with Gasteiger partial charge in [-0.05, 0) is 61.6 Å². The van der Waals surface area contributed by atoms with Gasteiger partial charge in [-0.25, -0.2) is 0 Å². The second-order valence-corrected chi connectivity index (χ2v) is 7.43. The molecule has 144 valence electrons. The van der Waals surface area contributed by atoms with Gasteiger partial charge in [0, 0.05) is 25.0 Å². The van der Waals surface area contributed by atoms with Gasteiger partial charge in [-0.15, -0.1) is 0 Å². The van der Waals surface area contributed by atoms with Gasteiger partial charge in [0.2, 0.25) is 0 Å². The van der Waals surface area contributed by atoms with Crippen molar-refractivity contribution in [2.45, 2.75) is 33.3 Å². The molecule has 28 heavy (non-hydrogen) atoms. The summed E-state index contributed by atoms with van der Waals surface area (Å²) >= 11 is 0. The molecule has 2 aromatic heterocycles. The lowest BCUT2D eigenvalue weighted by Crippen LogP contribution is -2.29. The van der Waals surface area contributed by atoms with E-state index in [9.17, 15) is 4.79 Å². The second-order valence-electron chi connectivity index (χ2n) is 7.43. The number of rotatable bonds is 3. The van der Waals surface area contributed by atoms with Crippen LogP contribution in [0.4, 0.5) is 0 Å². The maximum atomic E-state index is 12.5. The summed E-state index contributed by atoms with van der Waals surface area (Å²) in [5.74, 6) is 0.627. The molecule has 1 aliphatic rings. The zero-order valence-electron chi connectivity index (χ0n) is 16.6. The fraction of sp³-hybridized carbons (Fsp3) is 0.318. The molecule has 0 unspecified atom stereocenters. The lowest BCUT2D eigenvalue weighted by Gasteiger charge is -2.18. The molecule has 4 rings (SSSR count). The van der Waals surface area contributed by atoms with E-state index >= 15 is 0 Å². The van der Waals surface area contributed by atoms with Gasteiger partial charge in [0.25, 0.3) is 5.91 Å². The number of hydrogen-bond donors (Lipinski definition) is 1. The first-order valence-corrected chi connectivity index (χ1v) is 9.44. The predicted molar refractivity (Wildman–Crippen MR) is 108 cm³/mol. The summed E-state index contributed by atoms with van der Waals surface area (Å²) < 4.78 is 7.77. The Morgan fingerprint density at radius 3 is 2.75 bits per heavy atom. The van der Waals surface area contributed by atoms with Crippen LogP contribution < -0.4 is 10.1 Å². The molecule has 3 heterocycles. The topological polar surface area (TPSA) is 69.0 Å². The zero-order chi connectivity index (χ0) is 19.8. The van der Waals surface area contributed by atoms with Gasteiger partial charge in [-0.2, -0.15) is 5.10 Å². The van der Waals surface area contributed by atoms with Crippen molar-refractivity contribution in [3.8, 4) is 17.0 Å². The van der Waals surface area contributed by atoms with E-state index in [1.54, 1.807) is 4.68 Å². The van der Waals surface area contributed by atoms with Crippen LogP contribution in [-0.2, 0) is 13.5 Å². The lowest BCUT2D eigenvalue weighted by molar-refractivity contribution is 0.0952. The van der Waals surface area contributed by atoms with E-state index in [1.807, 2.05) is 51.6 Å². The summed E-state index contributed by atoms with van der Waals surface area (Å²) in [5, 5.41) is 7.12. The van der Waals surface area contributed by atoms with E-state index in [1.165, 1.54) is 0 Å². The molecular formula is C22H24N4O2. The van der Waals surface area contributed by atoms with Gasteiger partial charge in [0.1, 0.15) is 11.9 Å². The van der Waals surface area contributed by atoms with Crippen LogP contribution >= 0.6 is 0 Å². The van der Waals surface area contributed by atoms with Gasteiger partial charge in [0.15, 0.2) is 0 Å². The molecule has 1 aromatic carbocycles. The second kappa shape index (κ2) is 7.11. The molecule has 1 aliphatic heterocycles. The van der Waals surface area contributed by atoms with Crippen LogP contribution in [0.25, 0.3) is 11.3 Å². The molecule has 1 amide bonds. The van der Waals surface area contributed by atoms with Crippen LogP contribution in [0.5, 0.6) is 5.75 Å². The Morgan fingerprint density at radius 1 is 1.25 bits per heavy atom. The van der Waals surface area contributed by atoms with Crippen molar-refractivity contribution in [3.05, 3.63) is 64.6 Å². The fourth-order valence-electron chi connectivity index (χ4n) is 3.51. The number of benzene rings is 1. The van der Waals surface area contributed by atoms with Crippen molar-refractivity contribution >= 4 is 5.91 Å². The molecule has 0 aliphatic carbocycles. The predicted octanol–water partition coefficient (Wildman–Crippen LogP) is 3.20. The van der Waals surface area contributed by atoms with Crippen molar-refractivity contribution in [1.29, 1.82) is 0 Å². The largest absolute Gasteiger partial charge is 0.488 e. The number of hydrogen-bond acceptors (Lipinski definition) is 4. The van der Waals surface area contributed by atoms with Gasteiger partial charge in [-0.3, -0.25) is 14.5 Å². The maximum absolute atomic E-state index is 12.5. The molecule has 0 fully saturated rings. The van der Waals surface area contributed by atoms with Crippen LogP contribution in [-0.4, -0.2) is 33.3 Å². The molecule has 0 saturated heterocycles. The highest BCUT2D eigenvalue weighted by Gasteiger charge is 2.24. The van der Waals surface area contributed by atoms with Crippen molar-refractivity contribution in [1.82, 2.24) is 20.1 Å². The van der Waals surface area contributed by atoms with Crippen LogP contribution in [0.3, 0.4) is 0 Å². The van der Waals surface area contributed by atoms with Crippen LogP contribution in [0, 0.1) is 13.8 Å². The molecule has 1 atom stereocenters. The van der Waals surface area contributed by atoms with Gasteiger partial charge in [0.05, 0.1) is 24.0 Å². The number of aromatic nitrogens is 3. The van der Waals surface area contributed by atoms with E-state index in [0.29, 0.717) is 24.3 Å². The van der Waals surface area contributed by atoms with E-state index in [2.05, 4.69) is 28.4 Å². The lowest BCUT2D eigenvalue weighted by atomic mass is 9.93. The van der Waals surface area contributed by atoms with Crippen molar-refractivity contribution in [3.63, 3.8) is 0 Å². The van der Waals surface area contributed by atoms with Crippen molar-refractivity contribution in [2.24, 2.45) is 7.05 Å². The minimum Gasteiger partial charge on any atom is -0.488 e. The average molecular weight is 376 g/mol. The Labute approximate surface area is 164 Å². The van der Waals surface area contributed by atoms with Crippen LogP contribution in [0.2, 0.25) is 0 Å². The summed E-state index contributed by atoms with van der Waals surface area (Å²) in [7, 11) is 1.89. The third kappa shape index (κ3) is 3.38. The molecule has 6 nitrogen and oxygen atoms in total. The summed E-state index contributed by atoms with van der Waals surface area (Å²) in [6.07, 6.45) is 6.31. The Hall–Kier alpha value is -3.15. The normalized spacial score (nSPS) is 16.1. The van der Waals surface area contributed by atoms with Crippen LogP contribution in [0.1, 0.15) is 39.5 Å². The van der Waals surface area contributed by atoms with Gasteiger partial charge in [-0.1, -0.05) is 6.07 Å². The summed E-state index contributed by atoms with van der Waals surface area (Å²) in [6, 6.07) is 6.05. The first-order chi connectivity index (χ1) is 13.4. The quantitative estimate of drug-likeness (QED) is 0.762. The smallest absolute Gasteiger partial charge is 0.255 e. The highest BCUT2D eigenvalue weighted by Crippen LogP contribution is 2.32. The van der Waals surface area contributed by atoms with Gasteiger partial charge < -0.3 is 10.1 Å². The summed E-state index contributed by atoms with van der Waals surface area (Å²) in [5.41, 5.74) is 6.89. The number of carbonyl (C=O) groups excluding carboxylic acids is 1. The average Bonchev–Trinajstić information content (AvgIpc) is 3.06. The number of nitrogens with one attached hydrogen (secondary N) is 1. The Morgan fingerprint density at radius 2 is 2.07 bits per heavy atom. The van der Waals surface area contributed by atoms with Crippen molar-refractivity contribution in [2.75, 3.05) is 6.54 Å². The van der Waals surface area contributed by atoms with Gasteiger partial charge >= 0.3 is 0 Å². The molecule has 6 heteroatoms. The SMILES string of the molecule is Cc1c(Cc2ccc(-c3cnn(C)c3)nc2)cc2c(c1C)O[C@H](C)CNC2=O. The van der Waals surface area contributed by atoms with Crippen LogP contribution in [0.15, 0.2) is 36.8 Å². The van der Waals surface area contributed by atoms with E-state index in [4.69, 9.17) is 4.74 Å². The first-order valence-electron chi connectivity index (χ1n) is 9.44. The molecule has 1 N–H and O–H groups in total. The number of amides is 1. The number of carbonyl (C=O) groups is 1. The van der Waals surface area contributed by atoms with E-state index in [0.717, 1.165) is 33.5 Å². The molecule has 0 spiro atoms. The fourth-order valence-corrected chi connectivity index (χ4v) is 3.51. The Balaban J connectivity index is 1.65. The number of fused-ring (bicyclic) bond motifs is 1. The van der Waals surface area contributed by atoms with E-state index in [-0.39, 0.29) is 12.0 Å². The zero-order valence-corrected chi connectivity index (χ0v) is 16.6. The van der Waals surface area contributed by atoms with E-state index < -0.39 is 0 Å². The first kappa shape index (κ1) is 18.2. The highest BCUT2D eigenvalue weighted by molar-refractivity contribution is 5.98. The monoisotopic (exact) mass is 376 g/mol. The standard InChI is InChI=1S/C22H24N4O2/c1-13-9-24-22(27)19-8-17(14(2)15(3)21(19)28-13)7-16-5-6-20(23-10-16)18-11-25-26(4)12-18/h5-6,8,10-13H,7,9H2,1-4H3,(H,24,27)/t13-/m1/s1. The Bertz CT molecular complexity index is 1040. The molecular weight excluding hydrogens is 352 g/mol. The minimum absolute atomic E-state index is 0.0432. The Kier molecular flexibility index (Phi) is 4.63. The highest BCUT2D eigenvalue weighted by atomic mass is 16.5. The van der Waals surface area contributed by atoms with Crippen molar-refractivity contribution < 1.29 is 9.53 Å².